The maximum absolute atomic E-state index is 12.3. The van der Waals surface area contributed by atoms with E-state index >= 15 is 0 Å². The van der Waals surface area contributed by atoms with Crippen LogP contribution in [0.25, 0.3) is 0 Å². The largest absolute Gasteiger partial charge is 0.444 e. The summed E-state index contributed by atoms with van der Waals surface area (Å²) in [5, 5.41) is 0. The topological polar surface area (TPSA) is 38.8 Å². The molecule has 0 radical (unpaired) electrons. The summed E-state index contributed by atoms with van der Waals surface area (Å²) in [6.07, 6.45) is 5.65. The van der Waals surface area contributed by atoms with Gasteiger partial charge in [0.2, 0.25) is 0 Å². The van der Waals surface area contributed by atoms with E-state index in [0.29, 0.717) is 6.10 Å². The van der Waals surface area contributed by atoms with Gasteiger partial charge in [0.05, 0.1) is 18.2 Å². The number of likely N-dealkylation sites (tertiary alicyclic amines) is 1. The van der Waals surface area contributed by atoms with Gasteiger partial charge in [0.1, 0.15) is 5.60 Å². The van der Waals surface area contributed by atoms with Crippen LogP contribution in [0.4, 0.5) is 4.79 Å². The van der Waals surface area contributed by atoms with Crippen LogP contribution in [-0.2, 0) is 9.47 Å². The SMILES string of the molecule is C[C@@H]1CCC[C@H]2[C@H](CCCN2C(=O)OC(C)(C)C)O1. The minimum atomic E-state index is -0.428. The summed E-state index contributed by atoms with van der Waals surface area (Å²) in [5.41, 5.74) is -0.428. The number of carbonyl (C=O) groups excluding carboxylic acids is 1. The van der Waals surface area contributed by atoms with Gasteiger partial charge in [0.25, 0.3) is 0 Å². The molecule has 0 spiro atoms. The monoisotopic (exact) mass is 269 g/mol. The zero-order chi connectivity index (χ0) is 14.0. The zero-order valence-corrected chi connectivity index (χ0v) is 12.6. The first-order valence-electron chi connectivity index (χ1n) is 7.52. The first-order valence-corrected chi connectivity index (χ1v) is 7.52. The van der Waals surface area contributed by atoms with Crippen LogP contribution < -0.4 is 0 Å². The molecule has 0 unspecified atom stereocenters. The van der Waals surface area contributed by atoms with Gasteiger partial charge in [-0.2, -0.15) is 0 Å². The molecule has 4 heteroatoms. The van der Waals surface area contributed by atoms with Gasteiger partial charge in [-0.3, -0.25) is 0 Å². The predicted molar refractivity (Wildman–Crippen MR) is 74.1 cm³/mol. The molecule has 2 aliphatic heterocycles. The Labute approximate surface area is 116 Å². The number of hydrogen-bond donors (Lipinski definition) is 0. The number of nitrogens with zero attached hydrogens (tertiary/aromatic N) is 1. The highest BCUT2D eigenvalue weighted by Gasteiger charge is 2.38. The highest BCUT2D eigenvalue weighted by atomic mass is 16.6. The lowest BCUT2D eigenvalue weighted by molar-refractivity contribution is -0.0681. The summed E-state index contributed by atoms with van der Waals surface area (Å²) < 4.78 is 11.6. The Hall–Kier alpha value is -0.770. The van der Waals surface area contributed by atoms with E-state index in [4.69, 9.17) is 9.47 Å². The van der Waals surface area contributed by atoms with Crippen LogP contribution in [-0.4, -0.2) is 41.4 Å². The second-order valence-electron chi connectivity index (χ2n) is 6.80. The number of hydrogen-bond acceptors (Lipinski definition) is 3. The summed E-state index contributed by atoms with van der Waals surface area (Å²) in [7, 11) is 0. The van der Waals surface area contributed by atoms with Gasteiger partial charge in [-0.05, 0) is 59.8 Å². The molecule has 3 atom stereocenters. The lowest BCUT2D eigenvalue weighted by atomic mass is 9.95. The number of ether oxygens (including phenoxy) is 2. The smallest absolute Gasteiger partial charge is 0.410 e. The summed E-state index contributed by atoms with van der Waals surface area (Å²) >= 11 is 0. The highest BCUT2D eigenvalue weighted by Crippen LogP contribution is 2.30. The molecule has 0 aromatic rings. The molecule has 110 valence electrons. The maximum Gasteiger partial charge on any atom is 0.410 e. The third kappa shape index (κ3) is 3.85. The molecule has 0 aromatic carbocycles. The lowest BCUT2D eigenvalue weighted by Crippen LogP contribution is -2.52. The Morgan fingerprint density at radius 2 is 1.95 bits per heavy atom. The molecule has 19 heavy (non-hydrogen) atoms. The molecule has 2 heterocycles. The Balaban J connectivity index is 2.05. The third-order valence-corrected chi connectivity index (χ3v) is 3.86. The van der Waals surface area contributed by atoms with Crippen LogP contribution in [0, 0.1) is 0 Å². The maximum atomic E-state index is 12.3. The van der Waals surface area contributed by atoms with E-state index in [0.717, 1.165) is 38.6 Å². The molecule has 2 saturated heterocycles. The first-order chi connectivity index (χ1) is 8.87. The quantitative estimate of drug-likeness (QED) is 0.677. The van der Waals surface area contributed by atoms with Crippen LogP contribution in [0.2, 0.25) is 0 Å². The fraction of sp³-hybridized carbons (Fsp3) is 0.933. The van der Waals surface area contributed by atoms with Gasteiger partial charge in [0.15, 0.2) is 0 Å². The highest BCUT2D eigenvalue weighted by molar-refractivity contribution is 5.68. The summed E-state index contributed by atoms with van der Waals surface area (Å²) in [6, 6.07) is 0.202. The van der Waals surface area contributed by atoms with E-state index < -0.39 is 5.60 Å². The van der Waals surface area contributed by atoms with Crippen molar-refractivity contribution in [1.82, 2.24) is 4.90 Å². The number of amides is 1. The average molecular weight is 269 g/mol. The van der Waals surface area contributed by atoms with Crippen molar-refractivity contribution in [2.75, 3.05) is 6.54 Å². The van der Waals surface area contributed by atoms with Crippen LogP contribution in [0.1, 0.15) is 59.8 Å². The van der Waals surface area contributed by atoms with Crippen LogP contribution in [0.3, 0.4) is 0 Å². The molecular formula is C15H27NO3. The normalized spacial score (nSPS) is 32.4. The van der Waals surface area contributed by atoms with Crippen molar-refractivity contribution in [2.45, 2.75) is 83.6 Å². The van der Waals surface area contributed by atoms with Gasteiger partial charge >= 0.3 is 6.09 Å². The molecule has 0 saturated carbocycles. The first kappa shape index (κ1) is 14.6. The van der Waals surface area contributed by atoms with Gasteiger partial charge in [0, 0.05) is 6.54 Å². The summed E-state index contributed by atoms with van der Waals surface area (Å²) in [5.74, 6) is 0. The van der Waals surface area contributed by atoms with Crippen molar-refractivity contribution in [2.24, 2.45) is 0 Å². The molecule has 0 aliphatic carbocycles. The van der Waals surface area contributed by atoms with Crippen LogP contribution in [0.15, 0.2) is 0 Å². The van der Waals surface area contributed by atoms with Crippen molar-refractivity contribution >= 4 is 6.09 Å². The number of carbonyl (C=O) groups is 1. The minimum absolute atomic E-state index is 0.180. The van der Waals surface area contributed by atoms with E-state index in [2.05, 4.69) is 6.92 Å². The van der Waals surface area contributed by atoms with Crippen molar-refractivity contribution in [1.29, 1.82) is 0 Å². The summed E-state index contributed by atoms with van der Waals surface area (Å²) in [6.45, 7) is 8.68. The Bertz CT molecular complexity index is 324. The van der Waals surface area contributed by atoms with Gasteiger partial charge in [-0.15, -0.1) is 0 Å². The molecule has 2 fully saturated rings. The van der Waals surface area contributed by atoms with E-state index in [1.54, 1.807) is 0 Å². The predicted octanol–water partition coefficient (Wildman–Crippen LogP) is 3.34. The Kier molecular flexibility index (Phi) is 4.39. The third-order valence-electron chi connectivity index (χ3n) is 3.86. The van der Waals surface area contributed by atoms with E-state index in [9.17, 15) is 4.79 Å². The molecule has 0 N–H and O–H groups in total. The van der Waals surface area contributed by atoms with Gasteiger partial charge in [-0.1, -0.05) is 0 Å². The molecule has 4 nitrogen and oxygen atoms in total. The van der Waals surface area contributed by atoms with E-state index in [1.807, 2.05) is 25.7 Å². The van der Waals surface area contributed by atoms with E-state index in [1.165, 1.54) is 0 Å². The number of rotatable bonds is 0. The van der Waals surface area contributed by atoms with Crippen molar-refractivity contribution < 1.29 is 14.3 Å². The van der Waals surface area contributed by atoms with Gasteiger partial charge in [-0.25, -0.2) is 4.79 Å². The van der Waals surface area contributed by atoms with E-state index in [-0.39, 0.29) is 18.2 Å². The Morgan fingerprint density at radius 1 is 1.21 bits per heavy atom. The lowest BCUT2D eigenvalue weighted by Gasteiger charge is -2.41. The zero-order valence-electron chi connectivity index (χ0n) is 12.6. The minimum Gasteiger partial charge on any atom is -0.444 e. The Morgan fingerprint density at radius 3 is 2.63 bits per heavy atom. The molecule has 2 rings (SSSR count). The fourth-order valence-corrected chi connectivity index (χ4v) is 3.05. The van der Waals surface area contributed by atoms with Crippen molar-refractivity contribution in [3.05, 3.63) is 0 Å². The molecular weight excluding hydrogens is 242 g/mol. The fourth-order valence-electron chi connectivity index (χ4n) is 3.05. The summed E-state index contributed by atoms with van der Waals surface area (Å²) in [4.78, 5) is 14.2. The molecule has 2 aliphatic rings. The molecule has 0 aromatic heterocycles. The van der Waals surface area contributed by atoms with Crippen molar-refractivity contribution in [3.63, 3.8) is 0 Å². The van der Waals surface area contributed by atoms with Gasteiger partial charge < -0.3 is 14.4 Å². The average Bonchev–Trinajstić information content (AvgIpc) is 2.46. The second-order valence-corrected chi connectivity index (χ2v) is 6.80. The van der Waals surface area contributed by atoms with Crippen LogP contribution in [0.5, 0.6) is 0 Å². The number of fused-ring (bicyclic) bond motifs is 1. The standard InChI is InChI=1S/C15H27NO3/c1-11-7-5-8-12-13(18-11)9-6-10-16(12)14(17)19-15(2,3)4/h11-13H,5-10H2,1-4H3/t11-,12+,13+/m1/s1. The second kappa shape index (κ2) is 5.70. The number of piperidine rings is 1. The van der Waals surface area contributed by atoms with Crippen molar-refractivity contribution in [3.8, 4) is 0 Å². The molecule has 0 bridgehead atoms. The van der Waals surface area contributed by atoms with Crippen LogP contribution >= 0.6 is 0 Å². The molecule has 1 amide bonds.